The Kier molecular flexibility index (Phi) is 5.94. The summed E-state index contributed by atoms with van der Waals surface area (Å²) in [6.07, 6.45) is 2.03. The van der Waals surface area contributed by atoms with Crippen LogP contribution in [0.4, 0.5) is 0 Å². The van der Waals surface area contributed by atoms with Crippen molar-refractivity contribution in [2.75, 3.05) is 27.3 Å². The van der Waals surface area contributed by atoms with E-state index in [4.69, 9.17) is 19.5 Å². The Hall–Kier alpha value is -4.06. The first kappa shape index (κ1) is 21.2. The summed E-state index contributed by atoms with van der Waals surface area (Å²) in [5, 5.41) is 13.6. The van der Waals surface area contributed by atoms with E-state index in [-0.39, 0.29) is 12.0 Å². The van der Waals surface area contributed by atoms with Crippen LogP contribution in [0.1, 0.15) is 22.5 Å². The summed E-state index contributed by atoms with van der Waals surface area (Å²) in [6.45, 7) is 0.991. The van der Waals surface area contributed by atoms with E-state index in [0.717, 1.165) is 5.56 Å². The van der Waals surface area contributed by atoms with Crippen LogP contribution in [-0.2, 0) is 7.05 Å². The number of likely N-dealkylation sites (tertiary alicyclic amines) is 1. The molecular formula is C23H23N5O4. The van der Waals surface area contributed by atoms with E-state index in [9.17, 15) is 4.79 Å². The fraction of sp³-hybridized carbons (Fsp3) is 0.304. The minimum atomic E-state index is -0.188. The van der Waals surface area contributed by atoms with Crippen molar-refractivity contribution in [3.63, 3.8) is 0 Å². The standard InChI is InChI=1S/C23H23N5O4/c1-27-20(12-19(26-27)18-11-16(30-2)4-5-21(18)31-3)23(29)28-9-7-17(14-28)32-22-10-15(13-24)6-8-25-22/h4-6,8,10-12,17H,7,9,14H2,1-3H3. The van der Waals surface area contributed by atoms with Gasteiger partial charge in [-0.05, 0) is 30.3 Å². The molecule has 9 heteroatoms. The van der Waals surface area contributed by atoms with Gasteiger partial charge in [0.1, 0.15) is 23.3 Å². The van der Waals surface area contributed by atoms with Gasteiger partial charge in [-0.1, -0.05) is 0 Å². The molecule has 0 aliphatic carbocycles. The highest BCUT2D eigenvalue weighted by molar-refractivity contribution is 5.94. The molecule has 1 fully saturated rings. The lowest BCUT2D eigenvalue weighted by molar-refractivity contribution is 0.0760. The lowest BCUT2D eigenvalue weighted by Crippen LogP contribution is -2.32. The first-order chi connectivity index (χ1) is 15.5. The molecular weight excluding hydrogens is 410 g/mol. The van der Waals surface area contributed by atoms with Crippen LogP contribution >= 0.6 is 0 Å². The average molecular weight is 433 g/mol. The Bertz CT molecular complexity index is 1180. The highest BCUT2D eigenvalue weighted by atomic mass is 16.5. The van der Waals surface area contributed by atoms with Gasteiger partial charge >= 0.3 is 0 Å². The van der Waals surface area contributed by atoms with Crippen molar-refractivity contribution in [3.05, 3.63) is 53.9 Å². The number of ether oxygens (including phenoxy) is 3. The van der Waals surface area contributed by atoms with E-state index in [0.29, 0.717) is 53.8 Å². The van der Waals surface area contributed by atoms with Crippen molar-refractivity contribution in [2.45, 2.75) is 12.5 Å². The smallest absolute Gasteiger partial charge is 0.272 e. The first-order valence-electron chi connectivity index (χ1n) is 10.1. The van der Waals surface area contributed by atoms with Crippen molar-refractivity contribution in [1.29, 1.82) is 5.26 Å². The van der Waals surface area contributed by atoms with Crippen LogP contribution in [-0.4, -0.2) is 59.0 Å². The molecule has 0 saturated carbocycles. The lowest BCUT2D eigenvalue weighted by Gasteiger charge is -2.17. The number of nitriles is 1. The number of pyridine rings is 1. The Morgan fingerprint density at radius 3 is 2.78 bits per heavy atom. The number of benzene rings is 1. The molecule has 0 N–H and O–H groups in total. The summed E-state index contributed by atoms with van der Waals surface area (Å²) < 4.78 is 18.2. The molecule has 2 aromatic heterocycles. The third-order valence-corrected chi connectivity index (χ3v) is 5.37. The molecule has 3 aromatic rings. The summed E-state index contributed by atoms with van der Waals surface area (Å²) in [4.78, 5) is 19.1. The second kappa shape index (κ2) is 8.98. The predicted octanol–water partition coefficient (Wildman–Crippen LogP) is 2.66. The molecule has 32 heavy (non-hydrogen) atoms. The normalized spacial score (nSPS) is 15.3. The fourth-order valence-corrected chi connectivity index (χ4v) is 3.70. The minimum Gasteiger partial charge on any atom is -0.497 e. The Balaban J connectivity index is 1.50. The van der Waals surface area contributed by atoms with Crippen LogP contribution < -0.4 is 14.2 Å². The van der Waals surface area contributed by atoms with E-state index < -0.39 is 0 Å². The molecule has 1 aliphatic rings. The third kappa shape index (κ3) is 4.21. The molecule has 0 radical (unpaired) electrons. The largest absolute Gasteiger partial charge is 0.497 e. The number of aromatic nitrogens is 3. The Labute approximate surface area is 185 Å². The van der Waals surface area contributed by atoms with Crippen LogP contribution in [0.3, 0.4) is 0 Å². The molecule has 1 amide bonds. The van der Waals surface area contributed by atoms with E-state index in [1.165, 1.54) is 6.20 Å². The number of carbonyl (C=O) groups is 1. The van der Waals surface area contributed by atoms with Crippen LogP contribution in [0.5, 0.6) is 17.4 Å². The molecule has 3 heterocycles. The SMILES string of the molecule is COc1ccc(OC)c(-c2cc(C(=O)N3CCC(Oc4cc(C#N)ccn4)C3)n(C)n2)c1. The van der Waals surface area contributed by atoms with Crippen molar-refractivity contribution < 1.29 is 19.0 Å². The van der Waals surface area contributed by atoms with Crippen molar-refractivity contribution in [1.82, 2.24) is 19.7 Å². The maximum atomic E-state index is 13.2. The van der Waals surface area contributed by atoms with Crippen molar-refractivity contribution in [3.8, 4) is 34.7 Å². The zero-order valence-corrected chi connectivity index (χ0v) is 18.1. The minimum absolute atomic E-state index is 0.127. The van der Waals surface area contributed by atoms with Gasteiger partial charge < -0.3 is 19.1 Å². The Morgan fingerprint density at radius 2 is 2.03 bits per heavy atom. The number of carbonyl (C=O) groups excluding carboxylic acids is 1. The zero-order chi connectivity index (χ0) is 22.7. The van der Waals surface area contributed by atoms with Crippen molar-refractivity contribution >= 4 is 5.91 Å². The van der Waals surface area contributed by atoms with Gasteiger partial charge in [0.25, 0.3) is 5.91 Å². The van der Waals surface area contributed by atoms with Crippen molar-refractivity contribution in [2.24, 2.45) is 7.05 Å². The Morgan fingerprint density at radius 1 is 1.19 bits per heavy atom. The summed E-state index contributed by atoms with van der Waals surface area (Å²) in [5.74, 6) is 1.58. The van der Waals surface area contributed by atoms with Gasteiger partial charge in [-0.2, -0.15) is 10.4 Å². The number of methoxy groups -OCH3 is 2. The summed E-state index contributed by atoms with van der Waals surface area (Å²) in [6, 6.07) is 12.5. The summed E-state index contributed by atoms with van der Waals surface area (Å²) >= 11 is 0. The zero-order valence-electron chi connectivity index (χ0n) is 18.1. The molecule has 1 unspecified atom stereocenters. The van der Waals surface area contributed by atoms with E-state index in [1.54, 1.807) is 49.0 Å². The number of hydrogen-bond donors (Lipinski definition) is 0. The first-order valence-corrected chi connectivity index (χ1v) is 10.1. The number of rotatable bonds is 6. The van der Waals surface area contributed by atoms with Gasteiger partial charge in [0.2, 0.25) is 5.88 Å². The highest BCUT2D eigenvalue weighted by Crippen LogP contribution is 2.33. The number of hydrogen-bond acceptors (Lipinski definition) is 7. The lowest BCUT2D eigenvalue weighted by atomic mass is 10.1. The molecule has 164 valence electrons. The van der Waals surface area contributed by atoms with Crippen LogP contribution in [0, 0.1) is 11.3 Å². The second-order valence-electron chi connectivity index (χ2n) is 7.38. The van der Waals surface area contributed by atoms with Gasteiger partial charge in [-0.25, -0.2) is 4.98 Å². The fourth-order valence-electron chi connectivity index (χ4n) is 3.70. The van der Waals surface area contributed by atoms with Crippen LogP contribution in [0.25, 0.3) is 11.3 Å². The topological polar surface area (TPSA) is 102 Å². The summed E-state index contributed by atoms with van der Waals surface area (Å²) in [7, 11) is 4.92. The third-order valence-electron chi connectivity index (χ3n) is 5.37. The number of amides is 1. The van der Waals surface area contributed by atoms with Crippen LogP contribution in [0.2, 0.25) is 0 Å². The molecule has 1 saturated heterocycles. The molecule has 1 aromatic carbocycles. The molecule has 0 spiro atoms. The van der Waals surface area contributed by atoms with Gasteiger partial charge in [0.05, 0.1) is 38.1 Å². The summed E-state index contributed by atoms with van der Waals surface area (Å²) in [5.41, 5.74) is 2.31. The second-order valence-corrected chi connectivity index (χ2v) is 7.38. The quantitative estimate of drug-likeness (QED) is 0.589. The molecule has 1 aliphatic heterocycles. The molecule has 0 bridgehead atoms. The van der Waals surface area contributed by atoms with Gasteiger partial charge in [0.15, 0.2) is 0 Å². The highest BCUT2D eigenvalue weighted by Gasteiger charge is 2.30. The predicted molar refractivity (Wildman–Crippen MR) is 116 cm³/mol. The average Bonchev–Trinajstić information content (AvgIpc) is 3.45. The number of aryl methyl sites for hydroxylation is 1. The number of nitrogens with zero attached hydrogens (tertiary/aromatic N) is 5. The maximum absolute atomic E-state index is 13.2. The van der Waals surface area contributed by atoms with E-state index in [1.807, 2.05) is 18.2 Å². The molecule has 9 nitrogen and oxygen atoms in total. The van der Waals surface area contributed by atoms with Crippen LogP contribution in [0.15, 0.2) is 42.6 Å². The molecule has 1 atom stereocenters. The van der Waals surface area contributed by atoms with Gasteiger partial charge in [0, 0.05) is 37.8 Å². The molecule has 4 rings (SSSR count). The monoisotopic (exact) mass is 433 g/mol. The van der Waals surface area contributed by atoms with E-state index in [2.05, 4.69) is 16.2 Å². The van der Waals surface area contributed by atoms with Gasteiger partial charge in [-0.3, -0.25) is 9.48 Å². The van der Waals surface area contributed by atoms with Gasteiger partial charge in [-0.15, -0.1) is 0 Å². The maximum Gasteiger partial charge on any atom is 0.272 e. The van der Waals surface area contributed by atoms with E-state index >= 15 is 0 Å².